The van der Waals surface area contributed by atoms with Crippen LogP contribution in [0.1, 0.15) is 106 Å². The van der Waals surface area contributed by atoms with Crippen LogP contribution in [0.2, 0.25) is 0 Å². The van der Waals surface area contributed by atoms with Crippen LogP contribution in [0.25, 0.3) is 5.57 Å². The van der Waals surface area contributed by atoms with Crippen molar-refractivity contribution < 1.29 is 19.5 Å². The maximum absolute atomic E-state index is 13.9. The Kier molecular flexibility index (Phi) is 9.05. The summed E-state index contributed by atoms with van der Waals surface area (Å²) >= 11 is 0. The van der Waals surface area contributed by atoms with Crippen LogP contribution in [0.15, 0.2) is 40.2 Å². The summed E-state index contributed by atoms with van der Waals surface area (Å²) in [6.45, 7) is 17.1. The number of carbonyl (C=O) groups excluding carboxylic acids is 3. The fourth-order valence-corrected chi connectivity index (χ4v) is 5.94. The molecular weight excluding hydrogens is 528 g/mol. The number of benzene rings is 1. The second kappa shape index (κ2) is 12.1. The van der Waals surface area contributed by atoms with Crippen molar-refractivity contribution in [2.75, 3.05) is 23.3 Å². The minimum absolute atomic E-state index is 0.0332. The van der Waals surface area contributed by atoms with Gasteiger partial charge < -0.3 is 15.3 Å². The standard InChI is InChI=1S/C34H48N4O4/c1-9-34(7,8)32(42)35-25-20-22(37(10-2)11-3)17-18-23(25)26-29(39)28(30(26)40)27-24(19-16-21-14-12-13-15-21)36-38(31(27)41)33(4,5)6/h17-18,20-21,39H,9-16,19H2,1-8H3,(H,35,42). The maximum Gasteiger partial charge on any atom is 0.277 e. The highest BCUT2D eigenvalue weighted by Gasteiger charge is 2.46. The fourth-order valence-electron chi connectivity index (χ4n) is 5.94. The van der Waals surface area contributed by atoms with Gasteiger partial charge in [-0.2, -0.15) is 5.10 Å². The molecule has 0 unspecified atom stereocenters. The van der Waals surface area contributed by atoms with E-state index in [4.69, 9.17) is 0 Å². The van der Waals surface area contributed by atoms with E-state index in [0.717, 1.165) is 25.2 Å². The van der Waals surface area contributed by atoms with E-state index in [9.17, 15) is 19.5 Å². The largest absolute Gasteiger partial charge is 0.506 e. The van der Waals surface area contributed by atoms with Gasteiger partial charge in [0.2, 0.25) is 11.7 Å². The molecule has 0 bridgehead atoms. The second-order valence-electron chi connectivity index (χ2n) is 13.4. The number of carbonyl (C=O) groups is 3. The van der Waals surface area contributed by atoms with Crippen LogP contribution in [-0.4, -0.2) is 52.1 Å². The molecule has 42 heavy (non-hydrogen) atoms. The molecule has 2 aliphatic carbocycles. The summed E-state index contributed by atoms with van der Waals surface area (Å²) in [5.74, 6) is -0.540. The molecule has 0 radical (unpaired) electrons. The molecule has 8 heteroatoms. The number of hydrazone groups is 1. The minimum atomic E-state index is -0.618. The smallest absolute Gasteiger partial charge is 0.277 e. The van der Waals surface area contributed by atoms with Gasteiger partial charge >= 0.3 is 0 Å². The maximum atomic E-state index is 13.9. The van der Waals surface area contributed by atoms with Crippen molar-refractivity contribution in [3.05, 3.63) is 40.7 Å². The zero-order valence-corrected chi connectivity index (χ0v) is 26.7. The number of allylic oxidation sites excluding steroid dienone is 2. The third-order valence-electron chi connectivity index (χ3n) is 9.14. The average molecular weight is 577 g/mol. The summed E-state index contributed by atoms with van der Waals surface area (Å²) < 4.78 is 0. The van der Waals surface area contributed by atoms with Crippen molar-refractivity contribution in [2.45, 2.75) is 106 Å². The highest BCUT2D eigenvalue weighted by Crippen LogP contribution is 2.44. The van der Waals surface area contributed by atoms with E-state index in [0.29, 0.717) is 35.7 Å². The molecule has 4 rings (SSSR count). The number of nitrogens with zero attached hydrogens (tertiary/aromatic N) is 3. The molecule has 8 nitrogen and oxygen atoms in total. The van der Waals surface area contributed by atoms with E-state index in [2.05, 4.69) is 29.2 Å². The number of amides is 2. The van der Waals surface area contributed by atoms with Gasteiger partial charge in [-0.15, -0.1) is 0 Å². The van der Waals surface area contributed by atoms with Gasteiger partial charge in [0.25, 0.3) is 5.91 Å². The number of aliphatic hydroxyl groups excluding tert-OH is 1. The Bertz CT molecular complexity index is 1350. The monoisotopic (exact) mass is 576 g/mol. The van der Waals surface area contributed by atoms with Crippen LogP contribution in [0.3, 0.4) is 0 Å². The van der Waals surface area contributed by atoms with E-state index >= 15 is 0 Å². The highest BCUT2D eigenvalue weighted by molar-refractivity contribution is 6.44. The van der Waals surface area contributed by atoms with Crippen LogP contribution in [0, 0.1) is 11.3 Å². The lowest BCUT2D eigenvalue weighted by molar-refractivity contribution is -0.130. The van der Waals surface area contributed by atoms with Gasteiger partial charge in [0.15, 0.2) is 0 Å². The van der Waals surface area contributed by atoms with Gasteiger partial charge in [-0.25, -0.2) is 5.01 Å². The number of aliphatic hydroxyl groups is 1. The molecule has 2 amide bonds. The Morgan fingerprint density at radius 2 is 1.67 bits per heavy atom. The van der Waals surface area contributed by atoms with E-state index in [1.807, 2.05) is 53.7 Å². The zero-order chi connectivity index (χ0) is 31.0. The van der Waals surface area contributed by atoms with Crippen LogP contribution >= 0.6 is 0 Å². The molecule has 0 saturated heterocycles. The van der Waals surface area contributed by atoms with Gasteiger partial charge in [0.1, 0.15) is 5.76 Å². The molecular formula is C34H48N4O4. The molecule has 0 spiro atoms. The quantitative estimate of drug-likeness (QED) is 0.291. The third kappa shape index (κ3) is 5.90. The summed E-state index contributed by atoms with van der Waals surface area (Å²) in [7, 11) is 0. The molecule has 1 aliphatic heterocycles. The first kappa shape index (κ1) is 31.5. The molecule has 0 atom stereocenters. The molecule has 1 aromatic carbocycles. The number of hydrogen-bond acceptors (Lipinski definition) is 6. The van der Waals surface area contributed by atoms with E-state index < -0.39 is 16.7 Å². The van der Waals surface area contributed by atoms with Crippen molar-refractivity contribution in [1.29, 1.82) is 0 Å². The summed E-state index contributed by atoms with van der Waals surface area (Å²) in [5, 5.41) is 20.6. The molecule has 2 N–H and O–H groups in total. The fraction of sp³-hybridized carbons (Fsp3) is 0.588. The Labute approximate surface area is 250 Å². The van der Waals surface area contributed by atoms with Crippen LogP contribution in [0.5, 0.6) is 0 Å². The molecule has 1 aromatic rings. The molecule has 1 fully saturated rings. The van der Waals surface area contributed by atoms with Gasteiger partial charge in [-0.3, -0.25) is 14.4 Å². The number of hydrogen-bond donors (Lipinski definition) is 2. The van der Waals surface area contributed by atoms with Crippen LogP contribution in [0.4, 0.5) is 11.4 Å². The molecule has 1 heterocycles. The lowest BCUT2D eigenvalue weighted by Crippen LogP contribution is -2.40. The normalized spacial score (nSPS) is 19.9. The summed E-state index contributed by atoms with van der Waals surface area (Å²) in [6.07, 6.45) is 6.94. The van der Waals surface area contributed by atoms with Crippen molar-refractivity contribution >= 4 is 40.3 Å². The molecule has 1 saturated carbocycles. The van der Waals surface area contributed by atoms with Crippen LogP contribution < -0.4 is 10.2 Å². The Balaban J connectivity index is 1.79. The van der Waals surface area contributed by atoms with Crippen molar-refractivity contribution in [3.8, 4) is 0 Å². The van der Waals surface area contributed by atoms with Crippen LogP contribution in [-0.2, 0) is 14.4 Å². The zero-order valence-electron chi connectivity index (χ0n) is 26.7. The Morgan fingerprint density at radius 3 is 2.21 bits per heavy atom. The number of ketones is 1. The lowest BCUT2D eigenvalue weighted by Gasteiger charge is -2.29. The average Bonchev–Trinajstić information content (AvgIpc) is 3.57. The number of anilines is 2. The predicted molar refractivity (Wildman–Crippen MR) is 170 cm³/mol. The van der Waals surface area contributed by atoms with Gasteiger partial charge in [-0.1, -0.05) is 46.5 Å². The molecule has 228 valence electrons. The van der Waals surface area contributed by atoms with Crippen molar-refractivity contribution in [3.63, 3.8) is 0 Å². The SMILES string of the molecule is CCN(CC)c1ccc(C2=C(O)C(=C3C(=O)N(C(C)(C)C)N=C3CCC3CCCC3)C2=O)c(NC(=O)C(C)(C)CC)c1. The third-order valence-corrected chi connectivity index (χ3v) is 9.14. The number of rotatable bonds is 10. The number of nitrogens with one attached hydrogen (secondary N) is 1. The summed E-state index contributed by atoms with van der Waals surface area (Å²) in [6, 6.07) is 5.54. The highest BCUT2D eigenvalue weighted by atomic mass is 16.3. The van der Waals surface area contributed by atoms with Gasteiger partial charge in [0.05, 0.1) is 33.7 Å². The van der Waals surface area contributed by atoms with E-state index in [-0.39, 0.29) is 34.3 Å². The Hall–Kier alpha value is -3.42. The first-order valence-corrected chi connectivity index (χ1v) is 15.6. The first-order valence-electron chi connectivity index (χ1n) is 15.6. The topological polar surface area (TPSA) is 102 Å². The van der Waals surface area contributed by atoms with Gasteiger partial charge in [0, 0.05) is 29.8 Å². The van der Waals surface area contributed by atoms with E-state index in [1.165, 1.54) is 30.7 Å². The van der Waals surface area contributed by atoms with Crippen molar-refractivity contribution in [2.24, 2.45) is 16.4 Å². The van der Waals surface area contributed by atoms with Gasteiger partial charge in [-0.05, 0) is 78.0 Å². The summed E-state index contributed by atoms with van der Waals surface area (Å²) in [4.78, 5) is 42.9. The second-order valence-corrected chi connectivity index (χ2v) is 13.4. The Morgan fingerprint density at radius 1 is 1.02 bits per heavy atom. The van der Waals surface area contributed by atoms with E-state index in [1.54, 1.807) is 6.07 Å². The molecule has 3 aliphatic rings. The first-order chi connectivity index (χ1) is 19.7. The lowest BCUT2D eigenvalue weighted by atomic mass is 9.78. The predicted octanol–water partition coefficient (Wildman–Crippen LogP) is 7.02. The number of Topliss-reactive ketones (excluding diaryl/α,β-unsaturated/α-hetero) is 1. The summed E-state index contributed by atoms with van der Waals surface area (Å²) in [5.41, 5.74) is 1.57. The minimum Gasteiger partial charge on any atom is -0.506 e. The molecule has 0 aromatic heterocycles. The van der Waals surface area contributed by atoms with Crippen molar-refractivity contribution in [1.82, 2.24) is 5.01 Å².